The number of likely N-dealkylation sites (N-methyl/N-ethyl adjacent to an activating group) is 1. The minimum atomic E-state index is 0.709. The zero-order valence-corrected chi connectivity index (χ0v) is 13.1. The molecule has 0 bridgehead atoms. The second-order valence-electron chi connectivity index (χ2n) is 4.26. The summed E-state index contributed by atoms with van der Waals surface area (Å²) in [4.78, 5) is 2.15. The molecule has 1 aromatic carbocycles. The smallest absolute Gasteiger partial charge is 0.0297 e. The molecule has 0 amide bonds. The van der Waals surface area contributed by atoms with Crippen molar-refractivity contribution in [3.8, 4) is 0 Å². The summed E-state index contributed by atoms with van der Waals surface area (Å²) in [6.07, 6.45) is 0. The second kappa shape index (κ2) is 12.9. The lowest BCUT2D eigenvalue weighted by Crippen LogP contribution is -2.27. The monoisotopic (exact) mass is 262 g/mol. The molecule has 2 N–H and O–H groups in total. The molecule has 0 aliphatic carbocycles. The molecule has 2 heteroatoms. The number of benzene rings is 1. The van der Waals surface area contributed by atoms with Crippen molar-refractivity contribution in [3.05, 3.63) is 60.8 Å². The molecule has 108 valence electrons. The minimum absolute atomic E-state index is 0.709. The van der Waals surface area contributed by atoms with Crippen molar-refractivity contribution in [1.29, 1.82) is 0 Å². The maximum atomic E-state index is 5.36. The lowest BCUT2D eigenvalue weighted by atomic mass is 10.2. The number of hydrogen-bond acceptors (Lipinski definition) is 2. The van der Waals surface area contributed by atoms with Gasteiger partial charge in [-0.3, -0.25) is 0 Å². The highest BCUT2D eigenvalue weighted by atomic mass is 15.1. The van der Waals surface area contributed by atoms with Crippen molar-refractivity contribution in [3.63, 3.8) is 0 Å². The SMILES string of the molecule is C=C.C=C(C)N(CC)CCN.Cc1ccc(C)cc1. The Labute approximate surface area is 119 Å². The van der Waals surface area contributed by atoms with Crippen LogP contribution in [0.15, 0.2) is 49.7 Å². The summed E-state index contributed by atoms with van der Waals surface area (Å²) < 4.78 is 0. The molecule has 2 nitrogen and oxygen atoms in total. The molecule has 0 atom stereocenters. The van der Waals surface area contributed by atoms with E-state index in [0.29, 0.717) is 6.54 Å². The lowest BCUT2D eigenvalue weighted by molar-refractivity contribution is 0.374. The van der Waals surface area contributed by atoms with Crippen LogP contribution in [0.2, 0.25) is 0 Å². The van der Waals surface area contributed by atoms with E-state index in [1.165, 1.54) is 11.1 Å². The van der Waals surface area contributed by atoms with Crippen LogP contribution in [-0.4, -0.2) is 24.5 Å². The highest BCUT2D eigenvalue weighted by molar-refractivity contribution is 5.19. The molecule has 0 heterocycles. The quantitative estimate of drug-likeness (QED) is 0.834. The zero-order valence-electron chi connectivity index (χ0n) is 13.1. The number of nitrogens with two attached hydrogens (primary N) is 1. The van der Waals surface area contributed by atoms with E-state index < -0.39 is 0 Å². The molecule has 0 aromatic heterocycles. The molecule has 0 fully saturated rings. The third kappa shape index (κ3) is 11.3. The van der Waals surface area contributed by atoms with E-state index in [-0.39, 0.29) is 0 Å². The molecule has 1 aromatic rings. The van der Waals surface area contributed by atoms with E-state index >= 15 is 0 Å². The Morgan fingerprint density at radius 3 is 1.63 bits per heavy atom. The fraction of sp³-hybridized carbons (Fsp3) is 0.412. The van der Waals surface area contributed by atoms with Crippen molar-refractivity contribution in [2.75, 3.05) is 19.6 Å². The zero-order chi connectivity index (χ0) is 15.3. The highest BCUT2D eigenvalue weighted by Gasteiger charge is 1.96. The van der Waals surface area contributed by atoms with Crippen molar-refractivity contribution in [2.45, 2.75) is 27.7 Å². The van der Waals surface area contributed by atoms with E-state index in [1.54, 1.807) is 0 Å². The van der Waals surface area contributed by atoms with E-state index in [1.807, 2.05) is 6.92 Å². The van der Waals surface area contributed by atoms with E-state index in [4.69, 9.17) is 5.73 Å². The van der Waals surface area contributed by atoms with Crippen molar-refractivity contribution in [2.24, 2.45) is 5.73 Å². The fourth-order valence-corrected chi connectivity index (χ4v) is 1.41. The summed E-state index contributed by atoms with van der Waals surface area (Å²) >= 11 is 0. The summed E-state index contributed by atoms with van der Waals surface area (Å²) in [5, 5.41) is 0. The summed E-state index contributed by atoms with van der Waals surface area (Å²) in [6.45, 7) is 20.7. The molecule has 0 saturated carbocycles. The van der Waals surface area contributed by atoms with Gasteiger partial charge in [0.05, 0.1) is 0 Å². The first-order chi connectivity index (χ1) is 9.01. The highest BCUT2D eigenvalue weighted by Crippen LogP contribution is 1.99. The Bertz CT molecular complexity index is 307. The largest absolute Gasteiger partial charge is 0.375 e. The van der Waals surface area contributed by atoms with Gasteiger partial charge in [0.1, 0.15) is 0 Å². The van der Waals surface area contributed by atoms with Crippen molar-refractivity contribution >= 4 is 0 Å². The number of hydrogen-bond donors (Lipinski definition) is 1. The van der Waals surface area contributed by atoms with Gasteiger partial charge in [-0.2, -0.15) is 0 Å². The summed E-state index contributed by atoms with van der Waals surface area (Å²) in [6, 6.07) is 8.48. The van der Waals surface area contributed by atoms with Gasteiger partial charge in [-0.05, 0) is 27.7 Å². The van der Waals surface area contributed by atoms with Crippen LogP contribution >= 0.6 is 0 Å². The van der Waals surface area contributed by atoms with E-state index in [2.05, 4.69) is 69.7 Å². The number of aryl methyl sites for hydroxylation is 2. The first kappa shape index (κ1) is 19.8. The Morgan fingerprint density at radius 2 is 1.47 bits per heavy atom. The first-order valence-corrected chi connectivity index (χ1v) is 6.65. The Kier molecular flexibility index (Phi) is 13.4. The molecule has 0 saturated heterocycles. The van der Waals surface area contributed by atoms with Gasteiger partial charge < -0.3 is 10.6 Å². The molecule has 1 rings (SSSR count). The van der Waals surface area contributed by atoms with Crippen LogP contribution in [0.1, 0.15) is 25.0 Å². The standard InChI is InChI=1S/C8H10.C7H16N2.C2H4/c1-7-3-5-8(2)6-4-7;1-4-9(6-5-8)7(2)3;1-2/h3-6H,1-2H3;2,4-6,8H2,1,3H3;1-2H2. The average molecular weight is 262 g/mol. The molecule has 0 unspecified atom stereocenters. The molecule has 0 spiro atoms. The first-order valence-electron chi connectivity index (χ1n) is 6.65. The molecule has 0 radical (unpaired) electrons. The lowest BCUT2D eigenvalue weighted by Gasteiger charge is -2.21. The third-order valence-corrected chi connectivity index (χ3v) is 2.54. The van der Waals surface area contributed by atoms with Gasteiger partial charge in [0, 0.05) is 25.3 Å². The molecule has 0 aliphatic heterocycles. The Hall–Kier alpha value is -1.54. The topological polar surface area (TPSA) is 29.3 Å². The molecular formula is C17H30N2. The Balaban J connectivity index is 0. The van der Waals surface area contributed by atoms with Gasteiger partial charge >= 0.3 is 0 Å². The Morgan fingerprint density at radius 1 is 1.11 bits per heavy atom. The molecule has 0 aliphatic rings. The summed E-state index contributed by atoms with van der Waals surface area (Å²) in [7, 11) is 0. The predicted octanol–water partition coefficient (Wildman–Crippen LogP) is 3.91. The van der Waals surface area contributed by atoms with Crippen molar-refractivity contribution < 1.29 is 0 Å². The van der Waals surface area contributed by atoms with Gasteiger partial charge in [-0.15, -0.1) is 13.2 Å². The average Bonchev–Trinajstić information content (AvgIpc) is 2.42. The summed E-state index contributed by atoms with van der Waals surface area (Å²) in [5.41, 5.74) is 9.12. The van der Waals surface area contributed by atoms with E-state index in [9.17, 15) is 0 Å². The normalized spacial score (nSPS) is 8.47. The minimum Gasteiger partial charge on any atom is -0.375 e. The van der Waals surface area contributed by atoms with Gasteiger partial charge in [0.15, 0.2) is 0 Å². The van der Waals surface area contributed by atoms with Gasteiger partial charge in [0.25, 0.3) is 0 Å². The van der Waals surface area contributed by atoms with Gasteiger partial charge in [-0.25, -0.2) is 0 Å². The van der Waals surface area contributed by atoms with Crippen LogP contribution in [0.5, 0.6) is 0 Å². The fourth-order valence-electron chi connectivity index (χ4n) is 1.41. The summed E-state index contributed by atoms with van der Waals surface area (Å²) in [5.74, 6) is 0. The van der Waals surface area contributed by atoms with Crippen molar-refractivity contribution in [1.82, 2.24) is 4.90 Å². The number of nitrogens with zero attached hydrogens (tertiary/aromatic N) is 1. The molecular weight excluding hydrogens is 232 g/mol. The van der Waals surface area contributed by atoms with Crippen LogP contribution in [0.3, 0.4) is 0 Å². The van der Waals surface area contributed by atoms with Crippen LogP contribution in [0.4, 0.5) is 0 Å². The number of rotatable bonds is 4. The maximum absolute atomic E-state index is 5.36. The van der Waals surface area contributed by atoms with Crippen LogP contribution in [0.25, 0.3) is 0 Å². The molecule has 19 heavy (non-hydrogen) atoms. The van der Waals surface area contributed by atoms with Crippen LogP contribution in [-0.2, 0) is 0 Å². The second-order valence-corrected chi connectivity index (χ2v) is 4.26. The van der Waals surface area contributed by atoms with Gasteiger partial charge in [0.2, 0.25) is 0 Å². The predicted molar refractivity (Wildman–Crippen MR) is 88.3 cm³/mol. The number of allylic oxidation sites excluding steroid dienone is 1. The van der Waals surface area contributed by atoms with E-state index in [0.717, 1.165) is 18.8 Å². The third-order valence-electron chi connectivity index (χ3n) is 2.54. The maximum Gasteiger partial charge on any atom is 0.0297 e. The van der Waals surface area contributed by atoms with Gasteiger partial charge in [-0.1, -0.05) is 42.0 Å². The van der Waals surface area contributed by atoms with Crippen LogP contribution < -0.4 is 5.73 Å². The van der Waals surface area contributed by atoms with Crippen LogP contribution in [0, 0.1) is 13.8 Å².